The van der Waals surface area contributed by atoms with Crippen LogP contribution in [0.2, 0.25) is 0 Å². The van der Waals surface area contributed by atoms with E-state index in [1.165, 1.54) is 0 Å². The van der Waals surface area contributed by atoms with Crippen molar-refractivity contribution in [3.63, 3.8) is 0 Å². The third-order valence-electron chi connectivity index (χ3n) is 3.86. The number of aliphatic carboxylic acids is 1. The van der Waals surface area contributed by atoms with Gasteiger partial charge < -0.3 is 15.7 Å². The number of carbonyl (C=O) groups excluding carboxylic acids is 2. The Labute approximate surface area is 125 Å². The van der Waals surface area contributed by atoms with Gasteiger partial charge in [-0.2, -0.15) is 0 Å². The van der Waals surface area contributed by atoms with Crippen molar-refractivity contribution in [2.75, 3.05) is 0 Å². The number of hydrogen-bond acceptors (Lipinski definition) is 3. The Morgan fingerprint density at radius 1 is 1.10 bits per heavy atom. The summed E-state index contributed by atoms with van der Waals surface area (Å²) in [6.45, 7) is 5.24. The zero-order valence-electron chi connectivity index (χ0n) is 13.0. The number of carboxylic acids is 1. The number of rotatable bonds is 7. The minimum absolute atomic E-state index is 0.00597. The molecule has 1 aliphatic rings. The number of hydrogen-bond donors (Lipinski definition) is 3. The zero-order chi connectivity index (χ0) is 16.0. The minimum atomic E-state index is -1.04. The molecule has 1 rings (SSSR count). The van der Waals surface area contributed by atoms with Gasteiger partial charge in [0.25, 0.3) is 0 Å². The summed E-state index contributed by atoms with van der Waals surface area (Å²) in [4.78, 5) is 34.8. The van der Waals surface area contributed by atoms with Gasteiger partial charge in [-0.1, -0.05) is 26.7 Å². The molecule has 1 saturated carbocycles. The van der Waals surface area contributed by atoms with E-state index >= 15 is 0 Å². The van der Waals surface area contributed by atoms with Crippen molar-refractivity contribution in [1.29, 1.82) is 0 Å². The van der Waals surface area contributed by atoms with Crippen LogP contribution in [0.3, 0.4) is 0 Å². The molecule has 0 saturated heterocycles. The smallest absolute Gasteiger partial charge is 0.326 e. The van der Waals surface area contributed by atoms with Crippen LogP contribution in [0.25, 0.3) is 0 Å². The standard InChI is InChI=1S/C15H26N2O4/c1-9(2)13(15(20)21)17-12(18)8-10(3)16-14(19)11-6-4-5-7-11/h9-11,13H,4-8H2,1-3H3,(H,16,19)(H,17,18)(H,20,21). The lowest BCUT2D eigenvalue weighted by Gasteiger charge is -2.20. The second kappa shape index (κ2) is 8.00. The van der Waals surface area contributed by atoms with Gasteiger partial charge in [0.2, 0.25) is 11.8 Å². The lowest BCUT2D eigenvalue weighted by Crippen LogP contribution is -2.47. The summed E-state index contributed by atoms with van der Waals surface area (Å²) in [5.74, 6) is -1.50. The number of nitrogens with one attached hydrogen (secondary N) is 2. The first-order chi connectivity index (χ1) is 9.81. The Morgan fingerprint density at radius 3 is 2.14 bits per heavy atom. The predicted octanol–water partition coefficient (Wildman–Crippen LogP) is 1.30. The Bertz CT molecular complexity index is 389. The highest BCUT2D eigenvalue weighted by molar-refractivity contribution is 5.85. The van der Waals surface area contributed by atoms with E-state index < -0.39 is 12.0 Å². The first-order valence-corrected chi connectivity index (χ1v) is 7.63. The summed E-state index contributed by atoms with van der Waals surface area (Å²) < 4.78 is 0. The average molecular weight is 298 g/mol. The number of carboxylic acid groups (broad SMARTS) is 1. The largest absolute Gasteiger partial charge is 0.480 e. The van der Waals surface area contributed by atoms with Gasteiger partial charge in [-0.15, -0.1) is 0 Å². The summed E-state index contributed by atoms with van der Waals surface area (Å²) in [5, 5.41) is 14.4. The summed E-state index contributed by atoms with van der Waals surface area (Å²) >= 11 is 0. The van der Waals surface area contributed by atoms with Crippen LogP contribution >= 0.6 is 0 Å². The summed E-state index contributed by atoms with van der Waals surface area (Å²) in [7, 11) is 0. The van der Waals surface area contributed by atoms with Gasteiger partial charge in [-0.05, 0) is 25.7 Å². The van der Waals surface area contributed by atoms with Crippen molar-refractivity contribution >= 4 is 17.8 Å². The van der Waals surface area contributed by atoms with Gasteiger partial charge in [0.1, 0.15) is 6.04 Å². The average Bonchev–Trinajstić information content (AvgIpc) is 2.88. The van der Waals surface area contributed by atoms with Crippen LogP contribution in [0.5, 0.6) is 0 Å². The lowest BCUT2D eigenvalue weighted by molar-refractivity contribution is -0.143. The van der Waals surface area contributed by atoms with E-state index in [1.807, 2.05) is 0 Å². The monoisotopic (exact) mass is 298 g/mol. The van der Waals surface area contributed by atoms with Gasteiger partial charge in [0.15, 0.2) is 0 Å². The second-order valence-electron chi connectivity index (χ2n) is 6.22. The Balaban J connectivity index is 2.39. The van der Waals surface area contributed by atoms with E-state index in [2.05, 4.69) is 10.6 Å². The number of amides is 2. The maximum atomic E-state index is 11.9. The molecule has 0 heterocycles. The Hall–Kier alpha value is -1.59. The van der Waals surface area contributed by atoms with Crippen molar-refractivity contribution in [3.8, 4) is 0 Å². The van der Waals surface area contributed by atoms with Crippen LogP contribution in [0.15, 0.2) is 0 Å². The molecule has 1 fully saturated rings. The van der Waals surface area contributed by atoms with E-state index in [-0.39, 0.29) is 36.1 Å². The highest BCUT2D eigenvalue weighted by Gasteiger charge is 2.26. The van der Waals surface area contributed by atoms with Gasteiger partial charge in [0.05, 0.1) is 0 Å². The third-order valence-corrected chi connectivity index (χ3v) is 3.86. The molecular weight excluding hydrogens is 272 g/mol. The second-order valence-corrected chi connectivity index (χ2v) is 6.22. The third kappa shape index (κ3) is 5.73. The highest BCUT2D eigenvalue weighted by Crippen LogP contribution is 2.24. The van der Waals surface area contributed by atoms with Gasteiger partial charge >= 0.3 is 5.97 Å². The van der Waals surface area contributed by atoms with E-state index in [4.69, 9.17) is 5.11 Å². The molecule has 6 nitrogen and oxygen atoms in total. The van der Waals surface area contributed by atoms with Crippen molar-refractivity contribution in [2.45, 2.75) is 65.0 Å². The molecule has 21 heavy (non-hydrogen) atoms. The summed E-state index contributed by atoms with van der Waals surface area (Å²) in [6, 6.07) is -1.19. The van der Waals surface area contributed by atoms with Gasteiger partial charge in [-0.3, -0.25) is 9.59 Å². The van der Waals surface area contributed by atoms with Crippen LogP contribution in [0.4, 0.5) is 0 Å². The van der Waals surface area contributed by atoms with Crippen molar-refractivity contribution in [2.24, 2.45) is 11.8 Å². The fourth-order valence-corrected chi connectivity index (χ4v) is 2.62. The van der Waals surface area contributed by atoms with Crippen LogP contribution in [0, 0.1) is 11.8 Å². The molecule has 0 aromatic heterocycles. The van der Waals surface area contributed by atoms with E-state index in [9.17, 15) is 14.4 Å². The van der Waals surface area contributed by atoms with Crippen LogP contribution in [-0.4, -0.2) is 35.0 Å². The molecule has 1 aliphatic carbocycles. The minimum Gasteiger partial charge on any atom is -0.480 e. The topological polar surface area (TPSA) is 95.5 Å². The zero-order valence-corrected chi connectivity index (χ0v) is 13.0. The van der Waals surface area contributed by atoms with Crippen molar-refractivity contribution in [3.05, 3.63) is 0 Å². The predicted molar refractivity (Wildman–Crippen MR) is 78.6 cm³/mol. The molecule has 0 spiro atoms. The molecule has 0 aliphatic heterocycles. The first kappa shape index (κ1) is 17.5. The van der Waals surface area contributed by atoms with E-state index in [1.54, 1.807) is 20.8 Å². The summed E-state index contributed by atoms with van der Waals surface area (Å²) in [6.07, 6.45) is 4.09. The van der Waals surface area contributed by atoms with Crippen molar-refractivity contribution in [1.82, 2.24) is 10.6 Å². The molecule has 2 unspecified atom stereocenters. The molecule has 2 atom stereocenters. The molecular formula is C15H26N2O4. The maximum absolute atomic E-state index is 11.9. The van der Waals surface area contributed by atoms with Crippen molar-refractivity contribution < 1.29 is 19.5 Å². The molecule has 6 heteroatoms. The lowest BCUT2D eigenvalue weighted by atomic mass is 10.0. The Kier molecular flexibility index (Phi) is 6.65. The van der Waals surface area contributed by atoms with Crippen LogP contribution in [0.1, 0.15) is 52.9 Å². The molecule has 0 radical (unpaired) electrons. The molecule has 3 N–H and O–H groups in total. The summed E-state index contributed by atoms with van der Waals surface area (Å²) in [5.41, 5.74) is 0. The van der Waals surface area contributed by atoms with Crippen LogP contribution < -0.4 is 10.6 Å². The molecule has 120 valence electrons. The van der Waals surface area contributed by atoms with Gasteiger partial charge in [-0.25, -0.2) is 4.79 Å². The fourth-order valence-electron chi connectivity index (χ4n) is 2.62. The fraction of sp³-hybridized carbons (Fsp3) is 0.800. The number of carbonyl (C=O) groups is 3. The molecule has 0 aromatic rings. The van der Waals surface area contributed by atoms with E-state index in [0.717, 1.165) is 25.7 Å². The SMILES string of the molecule is CC(CC(=O)NC(C(=O)O)C(C)C)NC(=O)C1CCCC1. The maximum Gasteiger partial charge on any atom is 0.326 e. The van der Waals surface area contributed by atoms with Crippen LogP contribution in [-0.2, 0) is 14.4 Å². The quantitative estimate of drug-likeness (QED) is 0.660. The van der Waals surface area contributed by atoms with Gasteiger partial charge in [0, 0.05) is 18.4 Å². The molecule has 0 aromatic carbocycles. The normalized spacial score (nSPS) is 18.3. The molecule has 0 bridgehead atoms. The molecule has 2 amide bonds. The Morgan fingerprint density at radius 2 is 1.67 bits per heavy atom. The highest BCUT2D eigenvalue weighted by atomic mass is 16.4. The van der Waals surface area contributed by atoms with E-state index in [0.29, 0.717) is 0 Å². The first-order valence-electron chi connectivity index (χ1n) is 7.63.